The van der Waals surface area contributed by atoms with Crippen molar-refractivity contribution in [2.75, 3.05) is 43.9 Å². The van der Waals surface area contributed by atoms with Gasteiger partial charge in [0.2, 0.25) is 5.95 Å². The molecule has 0 atom stereocenters. The summed E-state index contributed by atoms with van der Waals surface area (Å²) in [6.07, 6.45) is 7.53. The number of rotatable bonds is 6. The van der Waals surface area contributed by atoms with Crippen molar-refractivity contribution in [3.63, 3.8) is 0 Å². The Morgan fingerprint density at radius 1 is 1.23 bits per heavy atom. The van der Waals surface area contributed by atoms with E-state index in [-0.39, 0.29) is 5.91 Å². The number of nitrogens with one attached hydrogen (secondary N) is 4. The molecule has 4 N–H and O–H groups in total. The van der Waals surface area contributed by atoms with E-state index in [4.69, 9.17) is 9.72 Å². The third-order valence-electron chi connectivity index (χ3n) is 5.83. The zero-order valence-corrected chi connectivity index (χ0v) is 17.0. The lowest BCUT2D eigenvalue weighted by Gasteiger charge is -2.26. The number of hydrogen-bond donors (Lipinski definition) is 4. The Hall–Kier alpha value is -3.26. The molecule has 2 aliphatic rings. The van der Waals surface area contributed by atoms with Crippen LogP contribution in [0.5, 0.6) is 5.75 Å². The number of methoxy groups -OCH3 is 1. The number of anilines is 2. The summed E-state index contributed by atoms with van der Waals surface area (Å²) >= 11 is 0. The molecule has 5 rings (SSSR count). The quantitative estimate of drug-likeness (QED) is 0.471. The Kier molecular flexibility index (Phi) is 4.92. The number of aromatic nitrogens is 3. The van der Waals surface area contributed by atoms with Gasteiger partial charge in [-0.05, 0) is 50.2 Å². The zero-order chi connectivity index (χ0) is 20.5. The van der Waals surface area contributed by atoms with E-state index in [0.717, 1.165) is 47.0 Å². The van der Waals surface area contributed by atoms with Crippen LogP contribution < -0.4 is 15.4 Å². The van der Waals surface area contributed by atoms with E-state index in [1.807, 2.05) is 24.3 Å². The molecule has 8 heteroatoms. The fourth-order valence-electron chi connectivity index (χ4n) is 4.30. The van der Waals surface area contributed by atoms with Crippen molar-refractivity contribution in [1.82, 2.24) is 19.9 Å². The number of nitrogens with zero attached hydrogens (tertiary/aromatic N) is 2. The molecule has 4 heterocycles. The van der Waals surface area contributed by atoms with E-state index in [0.29, 0.717) is 11.3 Å². The second-order valence-corrected chi connectivity index (χ2v) is 7.77. The van der Waals surface area contributed by atoms with Crippen LogP contribution in [0.3, 0.4) is 0 Å². The van der Waals surface area contributed by atoms with E-state index >= 15 is 0 Å². The molecule has 2 aliphatic heterocycles. The van der Waals surface area contributed by atoms with Crippen molar-refractivity contribution in [3.8, 4) is 5.75 Å². The highest BCUT2D eigenvalue weighted by Crippen LogP contribution is 2.39. The molecule has 0 aliphatic carbocycles. The smallest absolute Gasteiger partial charge is 0.256 e. The van der Waals surface area contributed by atoms with Crippen LogP contribution in [-0.4, -0.2) is 59.0 Å². The summed E-state index contributed by atoms with van der Waals surface area (Å²) in [5, 5.41) is 6.35. The Bertz CT molecular complexity index is 1110. The maximum Gasteiger partial charge on any atom is 0.256 e. The minimum Gasteiger partial charge on any atom is -0.495 e. The first kappa shape index (κ1) is 18.7. The molecule has 156 valence electrons. The first-order chi connectivity index (χ1) is 14.7. The molecule has 1 fully saturated rings. The predicted octanol–water partition coefficient (Wildman–Crippen LogP) is 3.29. The van der Waals surface area contributed by atoms with Crippen molar-refractivity contribution < 1.29 is 9.53 Å². The first-order valence-electron chi connectivity index (χ1n) is 10.5. The Morgan fingerprint density at radius 2 is 2.10 bits per heavy atom. The average Bonchev–Trinajstić information content (AvgIpc) is 3.46. The number of ether oxygens (including phenoxy) is 1. The van der Waals surface area contributed by atoms with Crippen molar-refractivity contribution in [3.05, 3.63) is 35.7 Å². The van der Waals surface area contributed by atoms with Gasteiger partial charge >= 0.3 is 0 Å². The van der Waals surface area contributed by atoms with Crippen LogP contribution in [0.15, 0.2) is 24.4 Å². The van der Waals surface area contributed by atoms with Crippen LogP contribution in [0.4, 0.5) is 11.6 Å². The molecule has 1 saturated heterocycles. The van der Waals surface area contributed by atoms with E-state index in [9.17, 15) is 4.79 Å². The minimum absolute atomic E-state index is 0.142. The number of imidazole rings is 1. The van der Waals surface area contributed by atoms with Crippen LogP contribution in [0.25, 0.3) is 22.7 Å². The van der Waals surface area contributed by atoms with Crippen LogP contribution >= 0.6 is 0 Å². The number of carbonyl (C=O) groups excluding carboxylic acids is 1. The molecule has 0 unspecified atom stereocenters. The van der Waals surface area contributed by atoms with Crippen LogP contribution in [0, 0.1) is 0 Å². The SMILES string of the molecule is COc1cc[nH]c1/C=C1/C(=O)Nc2ccc3[nH]c(NCCN4CCCCC4)nc3c21. The number of H-pyrrole nitrogens is 2. The van der Waals surface area contributed by atoms with Gasteiger partial charge < -0.3 is 30.2 Å². The van der Waals surface area contributed by atoms with Crippen molar-refractivity contribution >= 4 is 40.2 Å². The molecular formula is C22H26N6O2. The van der Waals surface area contributed by atoms with Gasteiger partial charge in [-0.2, -0.15) is 0 Å². The van der Waals surface area contributed by atoms with Gasteiger partial charge in [0.25, 0.3) is 5.91 Å². The monoisotopic (exact) mass is 406 g/mol. The molecule has 0 spiro atoms. The maximum absolute atomic E-state index is 12.7. The first-order valence-corrected chi connectivity index (χ1v) is 10.5. The van der Waals surface area contributed by atoms with Gasteiger partial charge in [0.05, 0.1) is 29.6 Å². The number of hydrogen-bond acceptors (Lipinski definition) is 5. The van der Waals surface area contributed by atoms with E-state index in [1.165, 1.54) is 32.4 Å². The molecule has 0 saturated carbocycles. The Morgan fingerprint density at radius 3 is 2.93 bits per heavy atom. The molecule has 1 aromatic carbocycles. The van der Waals surface area contributed by atoms with Crippen molar-refractivity contribution in [2.45, 2.75) is 19.3 Å². The number of aromatic amines is 2. The number of piperidine rings is 1. The molecule has 30 heavy (non-hydrogen) atoms. The lowest BCUT2D eigenvalue weighted by Crippen LogP contribution is -2.33. The van der Waals surface area contributed by atoms with E-state index in [1.54, 1.807) is 13.3 Å². The molecular weight excluding hydrogens is 380 g/mol. The number of likely N-dealkylation sites (tertiary alicyclic amines) is 1. The van der Waals surface area contributed by atoms with Gasteiger partial charge in [0, 0.05) is 24.8 Å². The minimum atomic E-state index is -0.142. The van der Waals surface area contributed by atoms with Gasteiger partial charge in [-0.15, -0.1) is 0 Å². The summed E-state index contributed by atoms with van der Waals surface area (Å²) in [7, 11) is 1.61. The van der Waals surface area contributed by atoms with Crippen molar-refractivity contribution in [2.24, 2.45) is 0 Å². The lowest BCUT2D eigenvalue weighted by molar-refractivity contribution is -0.110. The fourth-order valence-corrected chi connectivity index (χ4v) is 4.30. The normalized spacial score (nSPS) is 18.0. The number of benzene rings is 1. The highest BCUT2D eigenvalue weighted by atomic mass is 16.5. The summed E-state index contributed by atoms with van der Waals surface area (Å²) in [6.45, 7) is 4.20. The van der Waals surface area contributed by atoms with Gasteiger partial charge in [-0.25, -0.2) is 4.98 Å². The third-order valence-corrected chi connectivity index (χ3v) is 5.83. The molecule has 0 radical (unpaired) electrons. The number of amides is 1. The van der Waals surface area contributed by atoms with Gasteiger partial charge in [0.15, 0.2) is 0 Å². The highest BCUT2D eigenvalue weighted by Gasteiger charge is 2.28. The third kappa shape index (κ3) is 3.43. The molecule has 1 amide bonds. The van der Waals surface area contributed by atoms with Crippen LogP contribution in [0.2, 0.25) is 0 Å². The van der Waals surface area contributed by atoms with Gasteiger partial charge in [-0.1, -0.05) is 6.42 Å². The zero-order valence-electron chi connectivity index (χ0n) is 17.0. The molecule has 0 bridgehead atoms. The highest BCUT2D eigenvalue weighted by molar-refractivity contribution is 6.37. The standard InChI is InChI=1S/C22H26N6O2/c1-30-18-7-8-23-17(18)13-14-19-15(25-21(14)29)5-6-16-20(19)27-22(26-16)24-9-12-28-10-3-2-4-11-28/h5-8,13,23H,2-4,9-12H2,1H3,(H,25,29)(H2,24,26,27)/b14-13+. The van der Waals surface area contributed by atoms with Crippen LogP contribution in [0.1, 0.15) is 30.5 Å². The lowest BCUT2D eigenvalue weighted by atomic mass is 10.0. The summed E-state index contributed by atoms with van der Waals surface area (Å²) in [6, 6.07) is 5.70. The van der Waals surface area contributed by atoms with E-state index < -0.39 is 0 Å². The largest absolute Gasteiger partial charge is 0.495 e. The van der Waals surface area contributed by atoms with E-state index in [2.05, 4.69) is 25.5 Å². The fraction of sp³-hybridized carbons (Fsp3) is 0.364. The topological polar surface area (TPSA) is 98.1 Å². The van der Waals surface area contributed by atoms with Crippen molar-refractivity contribution in [1.29, 1.82) is 0 Å². The number of carbonyl (C=O) groups is 1. The van der Waals surface area contributed by atoms with Gasteiger partial charge in [0.1, 0.15) is 11.3 Å². The molecule has 8 nitrogen and oxygen atoms in total. The van der Waals surface area contributed by atoms with Crippen LogP contribution in [-0.2, 0) is 4.79 Å². The Labute approximate surface area is 174 Å². The molecule has 3 aromatic rings. The summed E-state index contributed by atoms with van der Waals surface area (Å²) in [5.74, 6) is 1.28. The summed E-state index contributed by atoms with van der Waals surface area (Å²) in [4.78, 5) is 26.4. The maximum atomic E-state index is 12.7. The molecule has 2 aromatic heterocycles. The summed E-state index contributed by atoms with van der Waals surface area (Å²) in [5.41, 5.74) is 4.59. The summed E-state index contributed by atoms with van der Waals surface area (Å²) < 4.78 is 5.36. The predicted molar refractivity (Wildman–Crippen MR) is 119 cm³/mol. The Balaban J connectivity index is 1.42. The van der Waals surface area contributed by atoms with Gasteiger partial charge in [-0.3, -0.25) is 4.79 Å². The second kappa shape index (κ2) is 7.87. The second-order valence-electron chi connectivity index (χ2n) is 7.77. The number of fused-ring (bicyclic) bond motifs is 3. The average molecular weight is 406 g/mol.